The molecule has 0 aliphatic carbocycles. The van der Waals surface area contributed by atoms with E-state index in [1.807, 2.05) is 23.1 Å². The number of para-hydroxylation sites is 2. The van der Waals surface area contributed by atoms with Crippen LogP contribution in [0, 0.1) is 0 Å². The molecule has 0 radical (unpaired) electrons. The van der Waals surface area contributed by atoms with E-state index in [9.17, 15) is 18.0 Å². The molecule has 0 aromatic heterocycles. The fourth-order valence-corrected chi connectivity index (χ4v) is 3.50. The molecule has 1 amide bonds. The van der Waals surface area contributed by atoms with Gasteiger partial charge < -0.3 is 10.1 Å². The van der Waals surface area contributed by atoms with E-state index in [0.29, 0.717) is 30.9 Å². The second kappa shape index (κ2) is 6.32. The number of alkyl halides is 3. The zero-order chi connectivity index (χ0) is 18.3. The van der Waals surface area contributed by atoms with Crippen LogP contribution in [0.5, 0.6) is 5.75 Å². The lowest BCUT2D eigenvalue weighted by Crippen LogP contribution is -2.39. The molecule has 2 heterocycles. The van der Waals surface area contributed by atoms with E-state index in [1.165, 1.54) is 12.1 Å². The smallest absolute Gasteiger partial charge is 0.416 e. The van der Waals surface area contributed by atoms with E-state index in [4.69, 9.17) is 4.74 Å². The van der Waals surface area contributed by atoms with E-state index in [1.54, 1.807) is 6.07 Å². The number of rotatable bonds is 2. The summed E-state index contributed by atoms with van der Waals surface area (Å²) in [5.74, 6) is 0.524. The lowest BCUT2D eigenvalue weighted by atomic mass is 10.1. The summed E-state index contributed by atoms with van der Waals surface area (Å²) in [5, 5.41) is 2.88. The van der Waals surface area contributed by atoms with E-state index in [0.717, 1.165) is 17.7 Å². The summed E-state index contributed by atoms with van der Waals surface area (Å²) in [7, 11) is 0. The van der Waals surface area contributed by atoms with Gasteiger partial charge in [0.05, 0.1) is 17.3 Å². The van der Waals surface area contributed by atoms with Gasteiger partial charge in [0.1, 0.15) is 11.9 Å². The average molecular weight is 362 g/mol. The number of fused-ring (bicyclic) bond motifs is 3. The Morgan fingerprint density at radius 3 is 2.58 bits per heavy atom. The normalized spacial score (nSPS) is 22.8. The topological polar surface area (TPSA) is 41.6 Å². The molecular formula is C19H17F3N2O2. The van der Waals surface area contributed by atoms with Crippen LogP contribution in [-0.4, -0.2) is 29.5 Å². The van der Waals surface area contributed by atoms with Crippen LogP contribution in [0.25, 0.3) is 0 Å². The van der Waals surface area contributed by atoms with Crippen molar-refractivity contribution in [3.05, 3.63) is 59.7 Å². The number of likely N-dealkylation sites (tertiary alicyclic amines) is 1. The van der Waals surface area contributed by atoms with Gasteiger partial charge >= 0.3 is 6.18 Å². The summed E-state index contributed by atoms with van der Waals surface area (Å²) in [6.07, 6.45) is -3.92. The minimum atomic E-state index is -4.35. The molecule has 136 valence electrons. The SMILES string of the molecule is O=C1Nc2ccccc2OC2CC1N(Cc1ccc(C(F)(F)F)cc1)C2. The third kappa shape index (κ3) is 3.26. The van der Waals surface area contributed by atoms with Crippen molar-refractivity contribution in [1.82, 2.24) is 4.90 Å². The summed E-state index contributed by atoms with van der Waals surface area (Å²) in [6, 6.07) is 12.0. The molecule has 0 spiro atoms. The van der Waals surface area contributed by atoms with Gasteiger partial charge in [-0.05, 0) is 29.8 Å². The number of amides is 1. The molecule has 7 heteroatoms. The van der Waals surface area contributed by atoms with Crippen molar-refractivity contribution in [2.24, 2.45) is 0 Å². The molecule has 2 atom stereocenters. The first-order valence-corrected chi connectivity index (χ1v) is 8.37. The number of nitrogens with zero attached hydrogens (tertiary/aromatic N) is 1. The maximum absolute atomic E-state index is 12.7. The number of ether oxygens (including phenoxy) is 1. The van der Waals surface area contributed by atoms with Gasteiger partial charge in [-0.15, -0.1) is 0 Å². The lowest BCUT2D eigenvalue weighted by Gasteiger charge is -2.23. The van der Waals surface area contributed by atoms with Crippen molar-refractivity contribution in [2.45, 2.75) is 31.3 Å². The minimum absolute atomic E-state index is 0.116. The van der Waals surface area contributed by atoms with Gasteiger partial charge in [-0.3, -0.25) is 9.69 Å². The van der Waals surface area contributed by atoms with Crippen LogP contribution in [0.3, 0.4) is 0 Å². The molecule has 2 aromatic rings. The van der Waals surface area contributed by atoms with Crippen molar-refractivity contribution in [2.75, 3.05) is 11.9 Å². The number of carbonyl (C=O) groups excluding carboxylic acids is 1. The second-order valence-corrected chi connectivity index (χ2v) is 6.60. The molecule has 0 saturated carbocycles. The first kappa shape index (κ1) is 16.9. The molecule has 2 aromatic carbocycles. The Balaban J connectivity index is 1.52. The van der Waals surface area contributed by atoms with Gasteiger partial charge in [0.15, 0.2) is 0 Å². The van der Waals surface area contributed by atoms with Gasteiger partial charge in [0.25, 0.3) is 0 Å². The highest BCUT2D eigenvalue weighted by Gasteiger charge is 2.40. The van der Waals surface area contributed by atoms with E-state index < -0.39 is 11.7 Å². The number of hydrogen-bond donors (Lipinski definition) is 1. The number of halogens is 3. The van der Waals surface area contributed by atoms with Gasteiger partial charge in [0, 0.05) is 19.5 Å². The average Bonchev–Trinajstić information content (AvgIpc) is 2.99. The molecule has 4 rings (SSSR count). The number of hydrogen-bond acceptors (Lipinski definition) is 3. The highest BCUT2D eigenvalue weighted by molar-refractivity contribution is 5.96. The monoisotopic (exact) mass is 362 g/mol. The van der Waals surface area contributed by atoms with Gasteiger partial charge in [-0.25, -0.2) is 0 Å². The van der Waals surface area contributed by atoms with Crippen LogP contribution in [0.4, 0.5) is 18.9 Å². The van der Waals surface area contributed by atoms with Crippen molar-refractivity contribution < 1.29 is 22.7 Å². The zero-order valence-electron chi connectivity index (χ0n) is 13.8. The van der Waals surface area contributed by atoms with Crippen LogP contribution in [0.15, 0.2) is 48.5 Å². The number of benzene rings is 2. The first-order valence-electron chi connectivity index (χ1n) is 8.37. The van der Waals surface area contributed by atoms with Crippen LogP contribution in [-0.2, 0) is 17.5 Å². The molecule has 2 aliphatic heterocycles. The summed E-state index contributed by atoms with van der Waals surface area (Å²) < 4.78 is 44.1. The summed E-state index contributed by atoms with van der Waals surface area (Å²) >= 11 is 0. The number of nitrogens with one attached hydrogen (secondary N) is 1. The molecular weight excluding hydrogens is 345 g/mol. The standard InChI is InChI=1S/C19H17F3N2O2/c20-19(21,22)13-7-5-12(6-8-13)10-24-11-14-9-16(24)18(25)23-15-3-1-2-4-17(15)26-14/h1-8,14,16H,9-11H2,(H,23,25). The molecule has 1 saturated heterocycles. The summed E-state index contributed by atoms with van der Waals surface area (Å²) in [5.41, 5.74) is 0.698. The maximum Gasteiger partial charge on any atom is 0.416 e. The molecule has 1 N–H and O–H groups in total. The molecule has 2 aliphatic rings. The van der Waals surface area contributed by atoms with Crippen LogP contribution in [0.2, 0.25) is 0 Å². The zero-order valence-corrected chi connectivity index (χ0v) is 13.8. The van der Waals surface area contributed by atoms with Gasteiger partial charge in [-0.2, -0.15) is 13.2 Å². The molecule has 2 bridgehead atoms. The van der Waals surface area contributed by atoms with Crippen molar-refractivity contribution in [1.29, 1.82) is 0 Å². The third-order valence-electron chi connectivity index (χ3n) is 4.77. The Morgan fingerprint density at radius 2 is 1.85 bits per heavy atom. The van der Waals surface area contributed by atoms with Crippen molar-refractivity contribution in [3.8, 4) is 5.75 Å². The Hall–Kier alpha value is -2.54. The highest BCUT2D eigenvalue weighted by atomic mass is 19.4. The van der Waals surface area contributed by atoms with Crippen LogP contribution < -0.4 is 10.1 Å². The molecule has 1 fully saturated rings. The lowest BCUT2D eigenvalue weighted by molar-refractivity contribution is -0.137. The molecule has 26 heavy (non-hydrogen) atoms. The largest absolute Gasteiger partial charge is 0.487 e. The summed E-state index contributed by atoms with van der Waals surface area (Å²) in [6.45, 7) is 0.944. The van der Waals surface area contributed by atoms with Gasteiger partial charge in [-0.1, -0.05) is 24.3 Å². The summed E-state index contributed by atoms with van der Waals surface area (Å²) in [4.78, 5) is 14.6. The van der Waals surface area contributed by atoms with E-state index in [2.05, 4.69) is 5.32 Å². The fourth-order valence-electron chi connectivity index (χ4n) is 3.50. The molecule has 2 unspecified atom stereocenters. The van der Waals surface area contributed by atoms with E-state index in [-0.39, 0.29) is 18.1 Å². The maximum atomic E-state index is 12.7. The predicted molar refractivity (Wildman–Crippen MR) is 89.7 cm³/mol. The van der Waals surface area contributed by atoms with Crippen molar-refractivity contribution in [3.63, 3.8) is 0 Å². The second-order valence-electron chi connectivity index (χ2n) is 6.60. The quantitative estimate of drug-likeness (QED) is 0.886. The highest BCUT2D eigenvalue weighted by Crippen LogP contribution is 2.34. The van der Waals surface area contributed by atoms with Crippen LogP contribution in [0.1, 0.15) is 17.5 Å². The predicted octanol–water partition coefficient (Wildman–Crippen LogP) is 3.68. The Labute approximate surface area is 148 Å². The van der Waals surface area contributed by atoms with Crippen LogP contribution >= 0.6 is 0 Å². The Kier molecular flexibility index (Phi) is 4.11. The Morgan fingerprint density at radius 1 is 1.12 bits per heavy atom. The fraction of sp³-hybridized carbons (Fsp3) is 0.316. The first-order chi connectivity index (χ1) is 12.4. The third-order valence-corrected chi connectivity index (χ3v) is 4.77. The minimum Gasteiger partial charge on any atom is -0.487 e. The number of anilines is 1. The van der Waals surface area contributed by atoms with Gasteiger partial charge in [0.2, 0.25) is 5.91 Å². The molecule has 4 nitrogen and oxygen atoms in total. The van der Waals surface area contributed by atoms with Crippen molar-refractivity contribution >= 4 is 11.6 Å². The van der Waals surface area contributed by atoms with E-state index >= 15 is 0 Å². The Bertz CT molecular complexity index is 820. The number of carbonyl (C=O) groups is 1.